The highest BCUT2D eigenvalue weighted by Gasteiger charge is 2.30. The van der Waals surface area contributed by atoms with Crippen LogP contribution in [0.2, 0.25) is 0 Å². The molecule has 13 heteroatoms. The second-order valence-corrected chi connectivity index (χ2v) is 14.3. The molecule has 274 valence electrons. The lowest BCUT2D eigenvalue weighted by Gasteiger charge is -2.27. The summed E-state index contributed by atoms with van der Waals surface area (Å²) in [6, 6.07) is 15.3. The second-order valence-electron chi connectivity index (χ2n) is 14.3. The van der Waals surface area contributed by atoms with Crippen molar-refractivity contribution in [3.8, 4) is 11.1 Å². The number of amides is 4. The maximum atomic E-state index is 13.2. The maximum Gasteiger partial charge on any atom is 0.407 e. The van der Waals surface area contributed by atoms with E-state index in [0.717, 1.165) is 22.3 Å². The van der Waals surface area contributed by atoms with Gasteiger partial charge in [0.15, 0.2) is 0 Å². The van der Waals surface area contributed by atoms with Crippen LogP contribution >= 0.6 is 0 Å². The SMILES string of the molecule is CC(C)(C)OC(=O)NCCCC[C@@H](CN(CC(=O)O)C(=O)CCCNC(=O)OC(C)(C)C)NC(=O)OCC1c2ccccc2-c2ccccc21. The van der Waals surface area contributed by atoms with E-state index in [9.17, 15) is 29.1 Å². The minimum Gasteiger partial charge on any atom is -0.480 e. The number of carbonyl (C=O) groups excluding carboxylic acids is 4. The molecule has 0 heterocycles. The number of unbranched alkanes of at least 4 members (excludes halogenated alkanes) is 1. The number of nitrogens with one attached hydrogen (secondary N) is 3. The third-order valence-corrected chi connectivity index (χ3v) is 7.67. The van der Waals surface area contributed by atoms with Gasteiger partial charge in [-0.05, 0) is 89.5 Å². The summed E-state index contributed by atoms with van der Waals surface area (Å²) in [4.78, 5) is 63.3. The van der Waals surface area contributed by atoms with Crippen LogP contribution in [-0.4, -0.2) is 90.2 Å². The number of fused-ring (bicyclic) bond motifs is 3. The standard InChI is InChI=1S/C37H52N4O9/c1-36(2,3)49-33(45)38-20-12-11-14-25(22-41(23-32(43)44)31(42)19-13-21-39-34(46)50-37(4,5)6)40-35(47)48-24-30-28-17-9-7-15-26(28)27-16-8-10-18-29(27)30/h7-10,15-18,25,30H,11-14,19-24H2,1-6H3,(H,38,45)(H,39,46)(H,40,47)(H,43,44)/t25-/m0/s1. The molecule has 0 aliphatic heterocycles. The summed E-state index contributed by atoms with van der Waals surface area (Å²) in [6.07, 6.45) is -0.136. The molecule has 50 heavy (non-hydrogen) atoms. The number of ether oxygens (including phenoxy) is 3. The molecule has 1 aliphatic rings. The molecule has 0 spiro atoms. The smallest absolute Gasteiger partial charge is 0.407 e. The Hall–Kier alpha value is -4.81. The first-order valence-corrected chi connectivity index (χ1v) is 17.1. The zero-order valence-corrected chi connectivity index (χ0v) is 30.0. The van der Waals surface area contributed by atoms with Crippen molar-refractivity contribution in [3.63, 3.8) is 0 Å². The Morgan fingerprint density at radius 1 is 0.760 bits per heavy atom. The number of aliphatic carboxylic acids is 1. The van der Waals surface area contributed by atoms with E-state index in [4.69, 9.17) is 14.2 Å². The molecular weight excluding hydrogens is 644 g/mol. The normalized spacial score (nSPS) is 12.9. The molecule has 0 radical (unpaired) electrons. The average molecular weight is 697 g/mol. The molecule has 4 amide bonds. The molecule has 0 saturated carbocycles. The number of carboxylic acids is 1. The van der Waals surface area contributed by atoms with Crippen molar-refractivity contribution in [3.05, 3.63) is 59.7 Å². The van der Waals surface area contributed by atoms with Crippen LogP contribution in [0.1, 0.15) is 90.7 Å². The van der Waals surface area contributed by atoms with Gasteiger partial charge in [0, 0.05) is 38.0 Å². The summed E-state index contributed by atoms with van der Waals surface area (Å²) in [5.74, 6) is -1.79. The van der Waals surface area contributed by atoms with Crippen molar-refractivity contribution in [2.75, 3.05) is 32.8 Å². The van der Waals surface area contributed by atoms with Gasteiger partial charge in [0.1, 0.15) is 24.4 Å². The fraction of sp³-hybridized carbons (Fsp3) is 0.541. The molecule has 3 rings (SSSR count). The van der Waals surface area contributed by atoms with Crippen molar-refractivity contribution in [1.82, 2.24) is 20.9 Å². The van der Waals surface area contributed by atoms with Crippen LogP contribution in [0.5, 0.6) is 0 Å². The van der Waals surface area contributed by atoms with Crippen molar-refractivity contribution in [2.24, 2.45) is 0 Å². The summed E-state index contributed by atoms with van der Waals surface area (Å²) in [5.41, 5.74) is 3.02. The lowest BCUT2D eigenvalue weighted by molar-refractivity contribution is -0.144. The Balaban J connectivity index is 1.63. The number of hydrogen-bond acceptors (Lipinski definition) is 8. The molecule has 13 nitrogen and oxygen atoms in total. The van der Waals surface area contributed by atoms with E-state index in [2.05, 4.69) is 16.0 Å². The quantitative estimate of drug-likeness (QED) is 0.125. The minimum absolute atomic E-state index is 0.0272. The van der Waals surface area contributed by atoms with E-state index in [-0.39, 0.29) is 38.5 Å². The van der Waals surface area contributed by atoms with Gasteiger partial charge >= 0.3 is 24.2 Å². The highest BCUT2D eigenvalue weighted by molar-refractivity contribution is 5.82. The highest BCUT2D eigenvalue weighted by Crippen LogP contribution is 2.44. The molecule has 1 aliphatic carbocycles. The first-order valence-electron chi connectivity index (χ1n) is 17.1. The number of nitrogens with zero attached hydrogens (tertiary/aromatic N) is 1. The highest BCUT2D eigenvalue weighted by atomic mass is 16.6. The molecule has 0 bridgehead atoms. The summed E-state index contributed by atoms with van der Waals surface area (Å²) >= 11 is 0. The molecule has 2 aromatic rings. The maximum absolute atomic E-state index is 13.2. The topological polar surface area (TPSA) is 173 Å². The molecule has 1 atom stereocenters. The summed E-state index contributed by atoms with van der Waals surface area (Å²) in [5, 5.41) is 17.7. The number of rotatable bonds is 16. The second kappa shape index (κ2) is 18.3. The first kappa shape index (κ1) is 39.6. The summed E-state index contributed by atoms with van der Waals surface area (Å²) < 4.78 is 16.2. The van der Waals surface area contributed by atoms with Gasteiger partial charge in [-0.3, -0.25) is 9.59 Å². The predicted octanol–water partition coefficient (Wildman–Crippen LogP) is 5.81. The van der Waals surface area contributed by atoms with Gasteiger partial charge < -0.3 is 40.2 Å². The zero-order valence-electron chi connectivity index (χ0n) is 30.0. The average Bonchev–Trinajstić information content (AvgIpc) is 3.33. The number of alkyl carbamates (subject to hydrolysis) is 3. The van der Waals surface area contributed by atoms with Crippen LogP contribution in [0.25, 0.3) is 11.1 Å². The predicted molar refractivity (Wildman–Crippen MR) is 188 cm³/mol. The molecule has 2 aromatic carbocycles. The molecule has 4 N–H and O–H groups in total. The summed E-state index contributed by atoms with van der Waals surface area (Å²) in [7, 11) is 0. The van der Waals surface area contributed by atoms with Crippen LogP contribution < -0.4 is 16.0 Å². The van der Waals surface area contributed by atoms with Gasteiger partial charge in [0.25, 0.3) is 0 Å². The minimum atomic E-state index is -1.20. The zero-order chi connectivity index (χ0) is 36.9. The molecule has 0 fully saturated rings. The largest absolute Gasteiger partial charge is 0.480 e. The van der Waals surface area contributed by atoms with E-state index < -0.39 is 53.9 Å². The number of benzene rings is 2. The van der Waals surface area contributed by atoms with E-state index >= 15 is 0 Å². The van der Waals surface area contributed by atoms with Gasteiger partial charge in [0.05, 0.1) is 0 Å². The van der Waals surface area contributed by atoms with Crippen molar-refractivity contribution in [1.29, 1.82) is 0 Å². The number of carboxylic acid groups (broad SMARTS) is 1. The summed E-state index contributed by atoms with van der Waals surface area (Å²) in [6.45, 7) is 10.5. The van der Waals surface area contributed by atoms with E-state index in [1.165, 1.54) is 4.90 Å². The van der Waals surface area contributed by atoms with Gasteiger partial charge in [-0.25, -0.2) is 14.4 Å². The van der Waals surface area contributed by atoms with Crippen LogP contribution in [0, 0.1) is 0 Å². The Bertz CT molecular complexity index is 1440. The van der Waals surface area contributed by atoms with Crippen LogP contribution in [0.15, 0.2) is 48.5 Å². The van der Waals surface area contributed by atoms with Gasteiger partial charge in [-0.1, -0.05) is 48.5 Å². The van der Waals surface area contributed by atoms with Crippen LogP contribution in [0.4, 0.5) is 14.4 Å². The Morgan fingerprint density at radius 3 is 1.80 bits per heavy atom. The number of carbonyl (C=O) groups is 5. The van der Waals surface area contributed by atoms with Crippen LogP contribution in [0.3, 0.4) is 0 Å². The van der Waals surface area contributed by atoms with Gasteiger partial charge in [0.2, 0.25) is 5.91 Å². The van der Waals surface area contributed by atoms with Gasteiger partial charge in [-0.15, -0.1) is 0 Å². The van der Waals surface area contributed by atoms with E-state index in [0.29, 0.717) is 25.8 Å². The Labute approximate surface area is 294 Å². The third-order valence-electron chi connectivity index (χ3n) is 7.67. The lowest BCUT2D eigenvalue weighted by Crippen LogP contribution is -2.48. The van der Waals surface area contributed by atoms with Crippen molar-refractivity contribution < 1.29 is 43.3 Å². The van der Waals surface area contributed by atoms with Crippen molar-refractivity contribution in [2.45, 2.75) is 96.8 Å². The third kappa shape index (κ3) is 13.6. The fourth-order valence-corrected chi connectivity index (χ4v) is 5.62. The van der Waals surface area contributed by atoms with Crippen molar-refractivity contribution >= 4 is 30.2 Å². The Morgan fingerprint density at radius 2 is 1.28 bits per heavy atom. The lowest BCUT2D eigenvalue weighted by atomic mass is 9.98. The molecule has 0 aromatic heterocycles. The molecule has 0 saturated heterocycles. The van der Waals surface area contributed by atoms with E-state index in [1.54, 1.807) is 41.5 Å². The first-order chi connectivity index (χ1) is 23.5. The molecule has 0 unspecified atom stereocenters. The Kier molecular flexibility index (Phi) is 14.5. The monoisotopic (exact) mass is 696 g/mol. The van der Waals surface area contributed by atoms with Crippen LogP contribution in [-0.2, 0) is 23.8 Å². The van der Waals surface area contributed by atoms with Gasteiger partial charge in [-0.2, -0.15) is 0 Å². The van der Waals surface area contributed by atoms with E-state index in [1.807, 2.05) is 48.5 Å². The molecular formula is C37H52N4O9. The fourth-order valence-electron chi connectivity index (χ4n) is 5.62. The number of hydrogen-bond donors (Lipinski definition) is 4.